The summed E-state index contributed by atoms with van der Waals surface area (Å²) in [6.07, 6.45) is 2.76. The van der Waals surface area contributed by atoms with Gasteiger partial charge in [0.1, 0.15) is 5.82 Å². The van der Waals surface area contributed by atoms with Gasteiger partial charge in [-0.15, -0.1) is 0 Å². The molecule has 1 amide bonds. The quantitative estimate of drug-likeness (QED) is 0.862. The molecule has 6 nitrogen and oxygen atoms in total. The highest BCUT2D eigenvalue weighted by molar-refractivity contribution is 5.76. The molecule has 2 heterocycles. The zero-order valence-electron chi connectivity index (χ0n) is 13.4. The zero-order chi connectivity index (χ0) is 15.4. The first-order valence-electron chi connectivity index (χ1n) is 7.96. The summed E-state index contributed by atoms with van der Waals surface area (Å²) in [5.41, 5.74) is 5.38. The maximum Gasteiger partial charge on any atom is 0.220 e. The van der Waals surface area contributed by atoms with Crippen molar-refractivity contribution in [1.29, 1.82) is 0 Å². The van der Waals surface area contributed by atoms with Crippen molar-refractivity contribution in [2.45, 2.75) is 59.0 Å². The van der Waals surface area contributed by atoms with Crippen LogP contribution in [0.5, 0.6) is 0 Å². The third-order valence-corrected chi connectivity index (χ3v) is 4.07. The first-order valence-corrected chi connectivity index (χ1v) is 7.96. The highest BCUT2D eigenvalue weighted by Crippen LogP contribution is 2.19. The van der Waals surface area contributed by atoms with E-state index >= 15 is 0 Å². The molecule has 118 valence electrons. The van der Waals surface area contributed by atoms with E-state index in [1.54, 1.807) is 0 Å². The highest BCUT2D eigenvalue weighted by Gasteiger charge is 2.24. The summed E-state index contributed by atoms with van der Waals surface area (Å²) in [6, 6.07) is 0. The molecule has 1 saturated heterocycles. The van der Waals surface area contributed by atoms with Crippen LogP contribution >= 0.6 is 0 Å². The van der Waals surface area contributed by atoms with Crippen LogP contribution in [-0.4, -0.2) is 38.7 Å². The molecule has 0 aliphatic carbocycles. The van der Waals surface area contributed by atoms with E-state index in [1.807, 2.05) is 4.68 Å². The van der Waals surface area contributed by atoms with Crippen LogP contribution < -0.4 is 5.73 Å². The number of aromatic nitrogens is 3. The average Bonchev–Trinajstić information content (AvgIpc) is 2.83. The van der Waals surface area contributed by atoms with Gasteiger partial charge in [-0.25, -0.2) is 9.67 Å². The Hall–Kier alpha value is -1.43. The second kappa shape index (κ2) is 7.02. The number of nitrogens with zero attached hydrogens (tertiary/aromatic N) is 4. The lowest BCUT2D eigenvalue weighted by atomic mass is 9.96. The van der Waals surface area contributed by atoms with Crippen molar-refractivity contribution in [3.63, 3.8) is 0 Å². The third kappa shape index (κ3) is 4.03. The minimum atomic E-state index is -0.161. The van der Waals surface area contributed by atoms with E-state index in [4.69, 9.17) is 10.7 Å². The van der Waals surface area contributed by atoms with E-state index < -0.39 is 0 Å². The Morgan fingerprint density at radius 3 is 2.57 bits per heavy atom. The van der Waals surface area contributed by atoms with Crippen LogP contribution in [-0.2, 0) is 17.9 Å². The third-order valence-electron chi connectivity index (χ3n) is 4.07. The number of aryl methyl sites for hydroxylation is 1. The summed E-state index contributed by atoms with van der Waals surface area (Å²) < 4.78 is 2.04. The number of likely N-dealkylation sites (tertiary alicyclic amines) is 1. The Morgan fingerprint density at radius 2 is 2.05 bits per heavy atom. The van der Waals surface area contributed by atoms with Gasteiger partial charge in [0, 0.05) is 18.4 Å². The predicted molar refractivity (Wildman–Crippen MR) is 81.6 cm³/mol. The molecule has 1 aromatic rings. The molecular formula is C15H27N5O. The van der Waals surface area contributed by atoms with Crippen LogP contribution in [0.2, 0.25) is 0 Å². The van der Waals surface area contributed by atoms with Crippen LogP contribution in [0.25, 0.3) is 0 Å². The topological polar surface area (TPSA) is 77.0 Å². The monoisotopic (exact) mass is 293 g/mol. The first kappa shape index (κ1) is 15.9. The summed E-state index contributed by atoms with van der Waals surface area (Å²) in [5, 5.41) is 4.61. The Kier molecular flexibility index (Phi) is 5.33. The number of carbonyl (C=O) groups is 1. The zero-order valence-corrected chi connectivity index (χ0v) is 13.4. The Balaban J connectivity index is 2.00. The van der Waals surface area contributed by atoms with Crippen LogP contribution in [0, 0.1) is 5.92 Å². The average molecular weight is 293 g/mol. The van der Waals surface area contributed by atoms with Gasteiger partial charge in [-0.05, 0) is 32.4 Å². The molecule has 2 N–H and O–H groups in total. The maximum atomic E-state index is 11.2. The molecular weight excluding hydrogens is 266 g/mol. The summed E-state index contributed by atoms with van der Waals surface area (Å²) in [6.45, 7) is 9.92. The standard InChI is InChI=1S/C15H27N5O/c1-4-7-20-13(17-15(18-20)11(2)3)10-19-8-5-12(6-9-19)14(16)21/h11-12H,4-10H2,1-3H3,(H2,16,21). The van der Waals surface area contributed by atoms with Crippen molar-refractivity contribution in [2.75, 3.05) is 13.1 Å². The van der Waals surface area contributed by atoms with Crippen molar-refractivity contribution < 1.29 is 4.79 Å². The molecule has 0 radical (unpaired) electrons. The molecule has 0 atom stereocenters. The molecule has 0 unspecified atom stereocenters. The lowest BCUT2D eigenvalue weighted by Crippen LogP contribution is -2.38. The van der Waals surface area contributed by atoms with Gasteiger partial charge >= 0.3 is 0 Å². The largest absolute Gasteiger partial charge is 0.369 e. The summed E-state index contributed by atoms with van der Waals surface area (Å²) in [5.74, 6) is 2.19. The Bertz CT molecular complexity index is 474. The smallest absolute Gasteiger partial charge is 0.220 e. The number of piperidine rings is 1. The summed E-state index contributed by atoms with van der Waals surface area (Å²) >= 11 is 0. The Labute approximate surface area is 126 Å². The number of nitrogens with two attached hydrogens (primary N) is 1. The van der Waals surface area contributed by atoms with Crippen molar-refractivity contribution in [3.8, 4) is 0 Å². The van der Waals surface area contributed by atoms with Gasteiger partial charge in [-0.3, -0.25) is 9.69 Å². The maximum absolute atomic E-state index is 11.2. The van der Waals surface area contributed by atoms with Crippen molar-refractivity contribution in [2.24, 2.45) is 11.7 Å². The minimum Gasteiger partial charge on any atom is -0.369 e. The highest BCUT2D eigenvalue weighted by atomic mass is 16.1. The predicted octanol–water partition coefficient (Wildman–Crippen LogP) is 1.51. The minimum absolute atomic E-state index is 0.0426. The Morgan fingerprint density at radius 1 is 1.38 bits per heavy atom. The molecule has 6 heteroatoms. The van der Waals surface area contributed by atoms with Crippen LogP contribution in [0.15, 0.2) is 0 Å². The van der Waals surface area contributed by atoms with Crippen molar-refractivity contribution in [1.82, 2.24) is 19.7 Å². The van der Waals surface area contributed by atoms with E-state index in [0.29, 0.717) is 5.92 Å². The molecule has 21 heavy (non-hydrogen) atoms. The lowest BCUT2D eigenvalue weighted by Gasteiger charge is -2.30. The van der Waals surface area contributed by atoms with Crippen LogP contribution in [0.3, 0.4) is 0 Å². The SMILES string of the molecule is CCCn1nc(C(C)C)nc1CN1CCC(C(N)=O)CC1. The molecule has 1 aromatic heterocycles. The second-order valence-corrected chi connectivity index (χ2v) is 6.22. The normalized spacial score (nSPS) is 17.5. The fourth-order valence-electron chi connectivity index (χ4n) is 2.72. The molecule has 0 aromatic carbocycles. The van der Waals surface area contributed by atoms with Crippen LogP contribution in [0.4, 0.5) is 0 Å². The molecule has 1 aliphatic rings. The van der Waals surface area contributed by atoms with E-state index in [0.717, 1.165) is 57.1 Å². The first-order chi connectivity index (χ1) is 10.0. The molecule has 1 fully saturated rings. The molecule has 0 saturated carbocycles. The summed E-state index contributed by atoms with van der Waals surface area (Å²) in [4.78, 5) is 18.3. The number of primary amides is 1. The van der Waals surface area contributed by atoms with Gasteiger partial charge in [0.15, 0.2) is 5.82 Å². The fourth-order valence-corrected chi connectivity index (χ4v) is 2.72. The second-order valence-electron chi connectivity index (χ2n) is 6.22. The number of hydrogen-bond donors (Lipinski definition) is 1. The molecule has 0 spiro atoms. The van der Waals surface area contributed by atoms with Gasteiger partial charge in [-0.1, -0.05) is 20.8 Å². The summed E-state index contributed by atoms with van der Waals surface area (Å²) in [7, 11) is 0. The fraction of sp³-hybridized carbons (Fsp3) is 0.800. The van der Waals surface area contributed by atoms with Gasteiger partial charge in [-0.2, -0.15) is 5.10 Å². The number of rotatable bonds is 6. The molecule has 1 aliphatic heterocycles. The van der Waals surface area contributed by atoms with Gasteiger partial charge in [0.05, 0.1) is 6.54 Å². The van der Waals surface area contributed by atoms with E-state index in [1.165, 1.54) is 0 Å². The molecule has 0 bridgehead atoms. The van der Waals surface area contributed by atoms with Gasteiger partial charge in [0.25, 0.3) is 0 Å². The van der Waals surface area contributed by atoms with Crippen LogP contribution in [0.1, 0.15) is 57.6 Å². The number of amides is 1. The van der Waals surface area contributed by atoms with E-state index in [9.17, 15) is 4.79 Å². The lowest BCUT2D eigenvalue weighted by molar-refractivity contribution is -0.123. The van der Waals surface area contributed by atoms with E-state index in [2.05, 4.69) is 30.8 Å². The van der Waals surface area contributed by atoms with Gasteiger partial charge < -0.3 is 5.73 Å². The van der Waals surface area contributed by atoms with Crippen molar-refractivity contribution >= 4 is 5.91 Å². The number of carbonyl (C=O) groups excluding carboxylic acids is 1. The molecule has 2 rings (SSSR count). The number of hydrogen-bond acceptors (Lipinski definition) is 4. The van der Waals surface area contributed by atoms with Gasteiger partial charge in [0.2, 0.25) is 5.91 Å². The van der Waals surface area contributed by atoms with Crippen molar-refractivity contribution in [3.05, 3.63) is 11.6 Å². The van der Waals surface area contributed by atoms with E-state index in [-0.39, 0.29) is 11.8 Å².